The number of nitrogens with two attached hydrogens (primary N) is 1. The lowest BCUT2D eigenvalue weighted by Gasteiger charge is -2.22. The van der Waals surface area contributed by atoms with Crippen molar-refractivity contribution in [2.75, 3.05) is 6.61 Å². The van der Waals surface area contributed by atoms with E-state index in [1.165, 1.54) is 12.1 Å². The van der Waals surface area contributed by atoms with Gasteiger partial charge in [0.2, 0.25) is 0 Å². The maximum atomic E-state index is 12.9. The van der Waals surface area contributed by atoms with Crippen LogP contribution in [0.3, 0.4) is 0 Å². The van der Waals surface area contributed by atoms with E-state index < -0.39 is 5.54 Å². The Morgan fingerprint density at radius 3 is 3.00 bits per heavy atom. The average Bonchev–Trinajstić information content (AvgIpc) is 2.45. The molecule has 0 aromatic heterocycles. The highest BCUT2D eigenvalue weighted by Gasteiger charge is 2.34. The number of halogens is 1. The van der Waals surface area contributed by atoms with Crippen molar-refractivity contribution >= 4 is 0 Å². The van der Waals surface area contributed by atoms with Crippen LogP contribution in [-0.4, -0.2) is 11.7 Å². The fourth-order valence-electron chi connectivity index (χ4n) is 1.89. The summed E-state index contributed by atoms with van der Waals surface area (Å²) in [4.78, 5) is 0. The molecular weight excluding hydrogens is 169 g/mol. The van der Waals surface area contributed by atoms with Crippen molar-refractivity contribution in [2.24, 2.45) is 5.73 Å². The van der Waals surface area contributed by atoms with Gasteiger partial charge in [0.05, 0.1) is 12.1 Å². The van der Waals surface area contributed by atoms with Crippen molar-refractivity contribution < 1.29 is 9.50 Å². The van der Waals surface area contributed by atoms with E-state index in [2.05, 4.69) is 0 Å². The zero-order valence-electron chi connectivity index (χ0n) is 7.26. The van der Waals surface area contributed by atoms with Crippen LogP contribution in [-0.2, 0) is 12.0 Å². The van der Waals surface area contributed by atoms with E-state index in [1.54, 1.807) is 6.07 Å². The normalized spacial score (nSPS) is 26.1. The summed E-state index contributed by atoms with van der Waals surface area (Å²) in [7, 11) is 0. The second kappa shape index (κ2) is 2.79. The first-order valence-electron chi connectivity index (χ1n) is 4.34. The zero-order valence-corrected chi connectivity index (χ0v) is 7.26. The summed E-state index contributed by atoms with van der Waals surface area (Å²) < 4.78 is 12.9. The van der Waals surface area contributed by atoms with Crippen LogP contribution < -0.4 is 5.73 Å². The molecular formula is C10H12FNO. The van der Waals surface area contributed by atoms with E-state index in [1.807, 2.05) is 0 Å². The molecule has 2 rings (SSSR count). The standard InChI is InChI=1S/C10H12FNO/c11-8-2-1-7-3-4-10(12,6-13)9(7)5-8/h1-2,5,13H,3-4,6,12H2. The Morgan fingerprint density at radius 1 is 1.54 bits per heavy atom. The van der Waals surface area contributed by atoms with Crippen LogP contribution in [0.1, 0.15) is 17.5 Å². The molecule has 0 radical (unpaired) electrons. The Labute approximate surface area is 76.2 Å². The molecule has 0 fully saturated rings. The second-order valence-corrected chi connectivity index (χ2v) is 3.62. The summed E-state index contributed by atoms with van der Waals surface area (Å²) in [6.45, 7) is -0.122. The first-order chi connectivity index (χ1) is 6.15. The Bertz CT molecular complexity index is 340. The van der Waals surface area contributed by atoms with Gasteiger partial charge < -0.3 is 10.8 Å². The monoisotopic (exact) mass is 181 g/mol. The molecule has 1 aliphatic carbocycles. The molecule has 70 valence electrons. The van der Waals surface area contributed by atoms with Gasteiger partial charge in [-0.25, -0.2) is 4.39 Å². The van der Waals surface area contributed by atoms with E-state index in [0.29, 0.717) is 6.42 Å². The maximum absolute atomic E-state index is 12.9. The lowest BCUT2D eigenvalue weighted by molar-refractivity contribution is 0.196. The first kappa shape index (κ1) is 8.66. The van der Waals surface area contributed by atoms with Crippen molar-refractivity contribution in [1.82, 2.24) is 0 Å². The van der Waals surface area contributed by atoms with Crippen LogP contribution in [0.15, 0.2) is 18.2 Å². The number of hydrogen-bond donors (Lipinski definition) is 2. The number of aliphatic hydroxyl groups excluding tert-OH is 1. The summed E-state index contributed by atoms with van der Waals surface area (Å²) in [6, 6.07) is 4.61. The number of rotatable bonds is 1. The summed E-state index contributed by atoms with van der Waals surface area (Å²) in [6.07, 6.45) is 1.52. The Balaban J connectivity index is 2.52. The Kier molecular flexibility index (Phi) is 1.86. The van der Waals surface area contributed by atoms with E-state index >= 15 is 0 Å². The minimum Gasteiger partial charge on any atom is -0.394 e. The van der Waals surface area contributed by atoms with E-state index in [-0.39, 0.29) is 12.4 Å². The quantitative estimate of drug-likeness (QED) is 0.676. The third-order valence-corrected chi connectivity index (χ3v) is 2.73. The molecule has 2 nitrogen and oxygen atoms in total. The van der Waals surface area contributed by atoms with Crippen molar-refractivity contribution in [3.05, 3.63) is 35.1 Å². The molecule has 1 unspecified atom stereocenters. The smallest absolute Gasteiger partial charge is 0.123 e. The molecule has 0 saturated carbocycles. The van der Waals surface area contributed by atoms with Gasteiger partial charge in [0.15, 0.2) is 0 Å². The van der Waals surface area contributed by atoms with Crippen LogP contribution in [0.5, 0.6) is 0 Å². The van der Waals surface area contributed by atoms with Gasteiger partial charge >= 0.3 is 0 Å². The lowest BCUT2D eigenvalue weighted by Crippen LogP contribution is -2.38. The van der Waals surface area contributed by atoms with Gasteiger partial charge in [-0.2, -0.15) is 0 Å². The molecule has 0 heterocycles. The van der Waals surface area contributed by atoms with E-state index in [9.17, 15) is 4.39 Å². The van der Waals surface area contributed by atoms with Gasteiger partial charge in [0.25, 0.3) is 0 Å². The fourth-order valence-corrected chi connectivity index (χ4v) is 1.89. The molecule has 0 aliphatic heterocycles. The largest absolute Gasteiger partial charge is 0.394 e. The van der Waals surface area contributed by atoms with Crippen molar-refractivity contribution in [3.8, 4) is 0 Å². The van der Waals surface area contributed by atoms with E-state index in [4.69, 9.17) is 10.8 Å². The molecule has 0 spiro atoms. The van der Waals surface area contributed by atoms with Crippen LogP contribution in [0.4, 0.5) is 4.39 Å². The third kappa shape index (κ3) is 1.24. The predicted molar refractivity (Wildman–Crippen MR) is 47.7 cm³/mol. The van der Waals surface area contributed by atoms with Gasteiger partial charge in [-0.15, -0.1) is 0 Å². The number of aliphatic hydroxyl groups is 1. The summed E-state index contributed by atoms with van der Waals surface area (Å²) >= 11 is 0. The number of hydrogen-bond acceptors (Lipinski definition) is 2. The van der Waals surface area contributed by atoms with Crippen LogP contribution in [0.25, 0.3) is 0 Å². The van der Waals surface area contributed by atoms with Gasteiger partial charge in [-0.05, 0) is 36.1 Å². The molecule has 13 heavy (non-hydrogen) atoms. The highest BCUT2D eigenvalue weighted by molar-refractivity contribution is 5.38. The van der Waals surface area contributed by atoms with Crippen molar-refractivity contribution in [2.45, 2.75) is 18.4 Å². The zero-order chi connectivity index (χ0) is 9.47. The van der Waals surface area contributed by atoms with Gasteiger partial charge in [0.1, 0.15) is 5.82 Å². The highest BCUT2D eigenvalue weighted by Crippen LogP contribution is 2.34. The van der Waals surface area contributed by atoms with Gasteiger partial charge in [-0.3, -0.25) is 0 Å². The van der Waals surface area contributed by atoms with Crippen LogP contribution in [0.2, 0.25) is 0 Å². The molecule has 0 saturated heterocycles. The van der Waals surface area contributed by atoms with Crippen LogP contribution >= 0.6 is 0 Å². The topological polar surface area (TPSA) is 46.2 Å². The predicted octanol–water partition coefficient (Wildman–Crippen LogP) is 0.918. The van der Waals surface area contributed by atoms with E-state index in [0.717, 1.165) is 17.5 Å². The summed E-state index contributed by atoms with van der Waals surface area (Å²) in [5.41, 5.74) is 7.01. The SMILES string of the molecule is NC1(CO)CCc2ccc(F)cc21. The molecule has 3 heteroatoms. The minimum atomic E-state index is -0.725. The third-order valence-electron chi connectivity index (χ3n) is 2.73. The molecule has 1 aromatic carbocycles. The number of aryl methyl sites for hydroxylation is 1. The average molecular weight is 181 g/mol. The highest BCUT2D eigenvalue weighted by atomic mass is 19.1. The Morgan fingerprint density at radius 2 is 2.31 bits per heavy atom. The molecule has 1 aliphatic rings. The van der Waals surface area contributed by atoms with Crippen molar-refractivity contribution in [1.29, 1.82) is 0 Å². The van der Waals surface area contributed by atoms with Gasteiger partial charge in [0, 0.05) is 0 Å². The molecule has 0 amide bonds. The molecule has 1 atom stereocenters. The van der Waals surface area contributed by atoms with Crippen LogP contribution in [0, 0.1) is 5.82 Å². The number of fused-ring (bicyclic) bond motifs is 1. The lowest BCUT2D eigenvalue weighted by atomic mass is 9.94. The number of benzene rings is 1. The fraction of sp³-hybridized carbons (Fsp3) is 0.400. The minimum absolute atomic E-state index is 0.122. The van der Waals surface area contributed by atoms with Crippen molar-refractivity contribution in [3.63, 3.8) is 0 Å². The molecule has 0 bridgehead atoms. The first-order valence-corrected chi connectivity index (χ1v) is 4.34. The summed E-state index contributed by atoms with van der Waals surface area (Å²) in [5, 5.41) is 9.12. The molecule has 3 N–H and O–H groups in total. The summed E-state index contributed by atoms with van der Waals surface area (Å²) in [5.74, 6) is -0.288. The maximum Gasteiger partial charge on any atom is 0.123 e. The Hall–Kier alpha value is -0.930. The second-order valence-electron chi connectivity index (χ2n) is 3.62. The van der Waals surface area contributed by atoms with Gasteiger partial charge in [-0.1, -0.05) is 6.07 Å². The molecule has 1 aromatic rings.